The number of Topliss-reactive ketones (excluding diaryl/α,β-unsaturated/α-hetero) is 1. The highest BCUT2D eigenvalue weighted by molar-refractivity contribution is 9.09. The fraction of sp³-hybridized carbons (Fsp3) is 0.250. The Morgan fingerprint density at radius 1 is 2.00 bits per heavy atom. The number of carbonyl (C=O) groups is 1. The molecule has 0 spiro atoms. The second kappa shape index (κ2) is 2.78. The van der Waals surface area contributed by atoms with Crippen molar-refractivity contribution in [2.45, 2.75) is 0 Å². The largest absolute Gasteiger partial charge is 0.359 e. The molecule has 0 bridgehead atoms. The van der Waals surface area contributed by atoms with Gasteiger partial charge in [0.05, 0.1) is 5.33 Å². The van der Waals surface area contributed by atoms with Crippen molar-refractivity contribution in [3.63, 3.8) is 0 Å². The van der Waals surface area contributed by atoms with Gasteiger partial charge in [-0.1, -0.05) is 15.9 Å². The SMILES string of the molecule is O=C(CBr)c1cno[n+]1[O-]. The van der Waals surface area contributed by atoms with Crippen LogP contribution in [0.4, 0.5) is 0 Å². The summed E-state index contributed by atoms with van der Waals surface area (Å²) in [5.74, 6) is -0.351. The molecule has 0 amide bonds. The number of rotatable bonds is 2. The average molecular weight is 207 g/mol. The van der Waals surface area contributed by atoms with E-state index in [1.807, 2.05) is 0 Å². The lowest BCUT2D eigenvalue weighted by Crippen LogP contribution is -2.31. The number of carbonyl (C=O) groups excluding carboxylic acids is 1. The van der Waals surface area contributed by atoms with Gasteiger partial charge in [-0.3, -0.25) is 9.42 Å². The maximum Gasteiger partial charge on any atom is 0.261 e. The van der Waals surface area contributed by atoms with Crippen LogP contribution in [0.25, 0.3) is 0 Å². The summed E-state index contributed by atoms with van der Waals surface area (Å²) in [5.41, 5.74) is -0.0862. The first kappa shape index (κ1) is 7.20. The Morgan fingerprint density at radius 3 is 3.10 bits per heavy atom. The van der Waals surface area contributed by atoms with Crippen molar-refractivity contribution in [3.8, 4) is 0 Å². The molecule has 0 aromatic carbocycles. The first-order chi connectivity index (χ1) is 4.75. The van der Waals surface area contributed by atoms with Gasteiger partial charge < -0.3 is 5.21 Å². The van der Waals surface area contributed by atoms with Crippen LogP contribution in [0.2, 0.25) is 0 Å². The predicted molar refractivity (Wildman–Crippen MR) is 33.6 cm³/mol. The van der Waals surface area contributed by atoms with Gasteiger partial charge in [0.25, 0.3) is 5.69 Å². The van der Waals surface area contributed by atoms with Crippen molar-refractivity contribution in [1.82, 2.24) is 5.16 Å². The molecule has 0 saturated heterocycles. The third-order valence-corrected chi connectivity index (χ3v) is 1.41. The molecule has 6 heteroatoms. The van der Waals surface area contributed by atoms with E-state index < -0.39 is 0 Å². The van der Waals surface area contributed by atoms with E-state index in [4.69, 9.17) is 0 Å². The van der Waals surface area contributed by atoms with E-state index >= 15 is 0 Å². The van der Waals surface area contributed by atoms with E-state index in [9.17, 15) is 10.0 Å². The molecule has 0 radical (unpaired) electrons. The van der Waals surface area contributed by atoms with E-state index in [0.29, 0.717) is 0 Å². The summed E-state index contributed by atoms with van der Waals surface area (Å²) >= 11 is 2.90. The van der Waals surface area contributed by atoms with Crippen molar-refractivity contribution in [1.29, 1.82) is 0 Å². The maximum absolute atomic E-state index is 10.7. The molecule has 1 rings (SSSR count). The highest BCUT2D eigenvalue weighted by Crippen LogP contribution is 1.93. The highest BCUT2D eigenvalue weighted by Gasteiger charge is 2.14. The topological polar surface area (TPSA) is 70.0 Å². The van der Waals surface area contributed by atoms with Gasteiger partial charge in [0, 0.05) is 5.16 Å². The minimum atomic E-state index is -0.351. The van der Waals surface area contributed by atoms with Crippen LogP contribution in [0, 0.1) is 5.21 Å². The Bertz CT molecular complexity index is 246. The molecule has 0 saturated carbocycles. The number of halogens is 1. The number of alkyl halides is 1. The molecule has 0 N–H and O–H groups in total. The lowest BCUT2D eigenvalue weighted by Gasteiger charge is -1.88. The Hall–Kier alpha value is -0.910. The third-order valence-electron chi connectivity index (χ3n) is 0.900. The minimum Gasteiger partial charge on any atom is -0.359 e. The summed E-state index contributed by atoms with van der Waals surface area (Å²) in [4.78, 5) is 10.8. The van der Waals surface area contributed by atoms with Crippen LogP contribution >= 0.6 is 15.9 Å². The van der Waals surface area contributed by atoms with Crippen molar-refractivity contribution in [2.24, 2.45) is 0 Å². The molecule has 0 aliphatic heterocycles. The summed E-state index contributed by atoms with van der Waals surface area (Å²) in [5, 5.41) is 13.7. The van der Waals surface area contributed by atoms with Gasteiger partial charge >= 0.3 is 0 Å². The molecule has 0 aliphatic carbocycles. The van der Waals surface area contributed by atoms with Gasteiger partial charge in [-0.25, -0.2) is 0 Å². The second-order valence-corrected chi connectivity index (χ2v) is 2.08. The van der Waals surface area contributed by atoms with Crippen LogP contribution < -0.4 is 4.90 Å². The minimum absolute atomic E-state index is 0.0730. The Morgan fingerprint density at radius 2 is 2.70 bits per heavy atom. The molecule has 54 valence electrons. The van der Waals surface area contributed by atoms with Gasteiger partial charge in [-0.05, 0) is 4.90 Å². The Labute approximate surface area is 64.3 Å². The van der Waals surface area contributed by atoms with Gasteiger partial charge in [-0.2, -0.15) is 0 Å². The number of hydrogen-bond donors (Lipinski definition) is 0. The van der Waals surface area contributed by atoms with Gasteiger partial charge in [0.15, 0.2) is 0 Å². The Balaban J connectivity index is 2.93. The maximum atomic E-state index is 10.7. The quantitative estimate of drug-likeness (QED) is 0.385. The van der Waals surface area contributed by atoms with Gasteiger partial charge in [0.1, 0.15) is 0 Å². The number of ketones is 1. The standard InChI is InChI=1S/C4H3BrN2O3/c5-1-4(8)3-2-6-10-7(3)9/h2H,1H2. The van der Waals surface area contributed by atoms with Crippen LogP contribution in [0.1, 0.15) is 10.5 Å². The van der Waals surface area contributed by atoms with Crippen LogP contribution in [0.5, 0.6) is 0 Å². The fourth-order valence-corrected chi connectivity index (χ4v) is 0.737. The van der Waals surface area contributed by atoms with Crippen LogP contribution in [-0.2, 0) is 0 Å². The average Bonchev–Trinajstić information content (AvgIpc) is 2.34. The molecular weight excluding hydrogens is 204 g/mol. The number of nitrogens with zero attached hydrogens (tertiary/aromatic N) is 2. The molecule has 1 aromatic rings. The van der Waals surface area contributed by atoms with Crippen LogP contribution in [0.15, 0.2) is 10.8 Å². The zero-order chi connectivity index (χ0) is 7.56. The van der Waals surface area contributed by atoms with Crippen molar-refractivity contribution >= 4 is 21.7 Å². The number of hydrogen-bond acceptors (Lipinski definition) is 4. The highest BCUT2D eigenvalue weighted by atomic mass is 79.9. The normalized spacial score (nSPS) is 9.70. The lowest BCUT2D eigenvalue weighted by atomic mass is 10.3. The van der Waals surface area contributed by atoms with Crippen LogP contribution in [-0.4, -0.2) is 16.3 Å². The molecule has 1 aromatic heterocycles. The lowest BCUT2D eigenvalue weighted by molar-refractivity contribution is -0.803. The third kappa shape index (κ3) is 1.15. The molecular formula is C4H3BrN2O3. The monoisotopic (exact) mass is 206 g/mol. The molecule has 5 nitrogen and oxygen atoms in total. The molecule has 0 atom stereocenters. The fourth-order valence-electron chi connectivity index (χ4n) is 0.450. The first-order valence-electron chi connectivity index (χ1n) is 2.39. The smallest absolute Gasteiger partial charge is 0.261 e. The molecule has 1 heterocycles. The molecule has 0 unspecified atom stereocenters. The van der Waals surface area contributed by atoms with Crippen molar-refractivity contribution < 1.29 is 14.3 Å². The van der Waals surface area contributed by atoms with E-state index in [1.165, 1.54) is 0 Å². The second-order valence-electron chi connectivity index (χ2n) is 1.52. The van der Waals surface area contributed by atoms with E-state index in [-0.39, 0.29) is 21.7 Å². The Kier molecular flexibility index (Phi) is 2.00. The van der Waals surface area contributed by atoms with E-state index in [2.05, 4.69) is 25.7 Å². The first-order valence-corrected chi connectivity index (χ1v) is 3.51. The predicted octanol–water partition coefficient (Wildman–Crippen LogP) is -0.114. The molecule has 0 fully saturated rings. The number of aromatic nitrogens is 2. The summed E-state index contributed by atoms with van der Waals surface area (Å²) in [6.07, 6.45) is 1.08. The van der Waals surface area contributed by atoms with Gasteiger partial charge in [0.2, 0.25) is 12.0 Å². The van der Waals surface area contributed by atoms with E-state index in [0.717, 1.165) is 6.20 Å². The van der Waals surface area contributed by atoms with Crippen molar-refractivity contribution in [2.75, 3.05) is 5.33 Å². The summed E-state index contributed by atoms with van der Waals surface area (Å²) in [7, 11) is 0. The van der Waals surface area contributed by atoms with Crippen LogP contribution in [0.3, 0.4) is 0 Å². The summed E-state index contributed by atoms with van der Waals surface area (Å²) < 4.78 is 4.06. The molecule has 0 aliphatic rings. The zero-order valence-corrected chi connectivity index (χ0v) is 6.37. The van der Waals surface area contributed by atoms with Gasteiger partial charge in [-0.15, -0.1) is 0 Å². The van der Waals surface area contributed by atoms with E-state index in [1.54, 1.807) is 0 Å². The van der Waals surface area contributed by atoms with Crippen molar-refractivity contribution in [3.05, 3.63) is 17.1 Å². The summed E-state index contributed by atoms with van der Waals surface area (Å²) in [6.45, 7) is 0. The zero-order valence-electron chi connectivity index (χ0n) is 4.78. The molecule has 10 heavy (non-hydrogen) atoms. The summed E-state index contributed by atoms with van der Waals surface area (Å²) in [6, 6.07) is 0.